The molecule has 2 heterocycles. The Kier molecular flexibility index (Phi) is 3.47. The number of benzene rings is 1. The average Bonchev–Trinajstić information content (AvgIpc) is 2.81. The molecule has 0 bridgehead atoms. The quantitative estimate of drug-likeness (QED) is 0.742. The molecule has 0 saturated heterocycles. The lowest BCUT2D eigenvalue weighted by Gasteiger charge is -2.06. The number of rotatable bonds is 3. The molecule has 0 atom stereocenters. The molecule has 0 aliphatic heterocycles. The summed E-state index contributed by atoms with van der Waals surface area (Å²) in [6, 6.07) is 7.37. The summed E-state index contributed by atoms with van der Waals surface area (Å²) in [5, 5.41) is 13.0. The van der Waals surface area contributed by atoms with Crippen molar-refractivity contribution in [3.63, 3.8) is 0 Å². The Hall–Kier alpha value is -2.21. The van der Waals surface area contributed by atoms with Gasteiger partial charge in [-0.2, -0.15) is 5.10 Å². The Bertz CT molecular complexity index is 867. The number of fused-ring (bicyclic) bond motifs is 1. The fourth-order valence-corrected chi connectivity index (χ4v) is 2.48. The summed E-state index contributed by atoms with van der Waals surface area (Å²) in [5.41, 5.74) is 2.37. The zero-order valence-electron chi connectivity index (χ0n) is 11.7. The van der Waals surface area contributed by atoms with E-state index in [1.54, 1.807) is 10.7 Å². The van der Waals surface area contributed by atoms with Gasteiger partial charge in [0.1, 0.15) is 5.52 Å². The molecule has 2 aromatic heterocycles. The molecule has 0 aliphatic carbocycles. The van der Waals surface area contributed by atoms with E-state index in [1.807, 2.05) is 32.0 Å². The van der Waals surface area contributed by atoms with Crippen molar-refractivity contribution < 1.29 is 0 Å². The van der Waals surface area contributed by atoms with Crippen LogP contribution >= 0.6 is 11.6 Å². The molecule has 0 fully saturated rings. The third kappa shape index (κ3) is 2.31. The predicted octanol–water partition coefficient (Wildman–Crippen LogP) is 2.02. The van der Waals surface area contributed by atoms with E-state index in [-0.39, 0.29) is 12.1 Å². The van der Waals surface area contributed by atoms with Gasteiger partial charge in [-0.05, 0) is 25.5 Å². The van der Waals surface area contributed by atoms with E-state index in [4.69, 9.17) is 11.6 Å². The number of hydrogen-bond donors (Lipinski definition) is 0. The van der Waals surface area contributed by atoms with Gasteiger partial charge < -0.3 is 0 Å². The number of nitrogens with zero attached hydrogens (tertiary/aromatic N) is 5. The van der Waals surface area contributed by atoms with Crippen LogP contribution in [0.2, 0.25) is 5.02 Å². The normalized spacial score (nSPS) is 11.2. The molecule has 7 heteroatoms. The van der Waals surface area contributed by atoms with Crippen LogP contribution in [0.4, 0.5) is 0 Å². The largest absolute Gasteiger partial charge is 0.296 e. The highest BCUT2D eigenvalue weighted by Crippen LogP contribution is 2.16. The van der Waals surface area contributed by atoms with E-state index >= 15 is 0 Å². The fourth-order valence-electron chi connectivity index (χ4n) is 2.29. The standard InChI is InChI=1S/C14H14ClN5O/c1-3-19-13-12(9(2)17-19)16-18-20(14(13)21)8-10-6-4-5-7-11(10)15/h4-7H,3,8H2,1-2H3. The van der Waals surface area contributed by atoms with Crippen LogP contribution in [0.25, 0.3) is 11.0 Å². The van der Waals surface area contributed by atoms with Gasteiger partial charge >= 0.3 is 0 Å². The smallest absolute Gasteiger partial charge is 0.265 e. The van der Waals surface area contributed by atoms with Crippen LogP contribution in [0.5, 0.6) is 0 Å². The van der Waals surface area contributed by atoms with Crippen LogP contribution in [0, 0.1) is 6.92 Å². The van der Waals surface area contributed by atoms with Gasteiger partial charge in [-0.3, -0.25) is 9.48 Å². The van der Waals surface area contributed by atoms with Gasteiger partial charge in [0.25, 0.3) is 5.56 Å². The monoisotopic (exact) mass is 303 g/mol. The molecule has 0 spiro atoms. The lowest BCUT2D eigenvalue weighted by Crippen LogP contribution is -2.26. The Labute approximate surface area is 126 Å². The minimum atomic E-state index is -0.206. The predicted molar refractivity (Wildman–Crippen MR) is 80.5 cm³/mol. The van der Waals surface area contributed by atoms with E-state index in [0.717, 1.165) is 5.56 Å². The molecule has 0 radical (unpaired) electrons. The molecule has 21 heavy (non-hydrogen) atoms. The van der Waals surface area contributed by atoms with Crippen molar-refractivity contribution in [3.05, 3.63) is 50.9 Å². The first-order chi connectivity index (χ1) is 10.1. The van der Waals surface area contributed by atoms with Crippen molar-refractivity contribution in [1.29, 1.82) is 0 Å². The molecule has 0 amide bonds. The molecule has 0 N–H and O–H groups in total. The summed E-state index contributed by atoms with van der Waals surface area (Å²) in [6.07, 6.45) is 0. The maximum Gasteiger partial charge on any atom is 0.296 e. The highest BCUT2D eigenvalue weighted by Gasteiger charge is 2.15. The second-order valence-electron chi connectivity index (χ2n) is 4.74. The van der Waals surface area contributed by atoms with Gasteiger partial charge in [0, 0.05) is 11.6 Å². The van der Waals surface area contributed by atoms with Gasteiger partial charge in [0.15, 0.2) is 5.52 Å². The minimum Gasteiger partial charge on any atom is -0.265 e. The van der Waals surface area contributed by atoms with Crippen LogP contribution < -0.4 is 5.56 Å². The first-order valence-corrected chi connectivity index (χ1v) is 7.04. The van der Waals surface area contributed by atoms with Crippen LogP contribution in [0.15, 0.2) is 29.1 Å². The van der Waals surface area contributed by atoms with Crippen molar-refractivity contribution >= 4 is 22.6 Å². The zero-order valence-corrected chi connectivity index (χ0v) is 12.5. The molecule has 6 nitrogen and oxygen atoms in total. The molecule has 0 aliphatic rings. The first-order valence-electron chi connectivity index (χ1n) is 6.66. The Morgan fingerprint density at radius 1 is 1.24 bits per heavy atom. The summed E-state index contributed by atoms with van der Waals surface area (Å²) in [6.45, 7) is 4.65. The van der Waals surface area contributed by atoms with Gasteiger partial charge in [-0.25, -0.2) is 4.68 Å². The molecule has 3 rings (SSSR count). The van der Waals surface area contributed by atoms with Crippen molar-refractivity contribution in [3.8, 4) is 0 Å². The van der Waals surface area contributed by atoms with E-state index in [2.05, 4.69) is 15.4 Å². The Morgan fingerprint density at radius 2 is 2.00 bits per heavy atom. The third-order valence-electron chi connectivity index (χ3n) is 3.36. The van der Waals surface area contributed by atoms with Crippen LogP contribution in [0.3, 0.4) is 0 Å². The number of hydrogen-bond acceptors (Lipinski definition) is 4. The van der Waals surface area contributed by atoms with E-state index in [9.17, 15) is 4.79 Å². The zero-order chi connectivity index (χ0) is 15.0. The summed E-state index contributed by atoms with van der Waals surface area (Å²) < 4.78 is 2.97. The first kappa shape index (κ1) is 13.8. The second kappa shape index (κ2) is 5.29. The van der Waals surface area contributed by atoms with Crippen LogP contribution in [-0.2, 0) is 13.1 Å². The maximum atomic E-state index is 12.6. The summed E-state index contributed by atoms with van der Waals surface area (Å²) in [7, 11) is 0. The number of halogens is 1. The highest BCUT2D eigenvalue weighted by atomic mass is 35.5. The second-order valence-corrected chi connectivity index (χ2v) is 5.15. The fraction of sp³-hybridized carbons (Fsp3) is 0.286. The summed E-state index contributed by atoms with van der Waals surface area (Å²) in [4.78, 5) is 12.6. The molecular weight excluding hydrogens is 290 g/mol. The number of aromatic nitrogens is 5. The Morgan fingerprint density at radius 3 is 2.71 bits per heavy atom. The van der Waals surface area contributed by atoms with Gasteiger partial charge in [-0.1, -0.05) is 35.0 Å². The molecule has 3 aromatic rings. The van der Waals surface area contributed by atoms with Gasteiger partial charge in [0.05, 0.1) is 12.2 Å². The molecule has 0 saturated carbocycles. The van der Waals surface area contributed by atoms with Crippen molar-refractivity contribution in [1.82, 2.24) is 24.8 Å². The van der Waals surface area contributed by atoms with E-state index in [1.165, 1.54) is 4.68 Å². The molecule has 108 valence electrons. The lowest BCUT2D eigenvalue weighted by molar-refractivity contribution is 0.592. The summed E-state index contributed by atoms with van der Waals surface area (Å²) in [5.74, 6) is 0. The van der Waals surface area contributed by atoms with E-state index in [0.29, 0.717) is 28.3 Å². The maximum absolute atomic E-state index is 12.6. The highest BCUT2D eigenvalue weighted by molar-refractivity contribution is 6.31. The average molecular weight is 304 g/mol. The van der Waals surface area contributed by atoms with Gasteiger partial charge in [0.2, 0.25) is 0 Å². The molecular formula is C14H14ClN5O. The van der Waals surface area contributed by atoms with Gasteiger partial charge in [-0.15, -0.1) is 5.10 Å². The molecule has 0 unspecified atom stereocenters. The van der Waals surface area contributed by atoms with Crippen molar-refractivity contribution in [2.45, 2.75) is 26.9 Å². The van der Waals surface area contributed by atoms with Crippen LogP contribution in [0.1, 0.15) is 18.2 Å². The lowest BCUT2D eigenvalue weighted by atomic mass is 10.2. The SMILES string of the molecule is CCn1nc(C)c2nnn(Cc3ccccc3Cl)c(=O)c21. The minimum absolute atomic E-state index is 0.206. The van der Waals surface area contributed by atoms with Crippen LogP contribution in [-0.4, -0.2) is 24.8 Å². The molecule has 1 aromatic carbocycles. The number of aryl methyl sites for hydroxylation is 2. The van der Waals surface area contributed by atoms with Crippen molar-refractivity contribution in [2.24, 2.45) is 0 Å². The van der Waals surface area contributed by atoms with Crippen molar-refractivity contribution in [2.75, 3.05) is 0 Å². The Balaban J connectivity index is 2.15. The third-order valence-corrected chi connectivity index (χ3v) is 3.73. The topological polar surface area (TPSA) is 65.6 Å². The summed E-state index contributed by atoms with van der Waals surface area (Å²) >= 11 is 6.13. The van der Waals surface area contributed by atoms with E-state index < -0.39 is 0 Å².